The highest BCUT2D eigenvalue weighted by Gasteiger charge is 2.42. The Hall–Kier alpha value is -1.55. The van der Waals surface area contributed by atoms with Crippen molar-refractivity contribution in [3.05, 3.63) is 29.8 Å². The van der Waals surface area contributed by atoms with Gasteiger partial charge < -0.3 is 15.4 Å². The Kier molecular flexibility index (Phi) is 3.19. The fourth-order valence-electron chi connectivity index (χ4n) is 3.41. The number of methoxy groups -OCH3 is 1. The Labute approximate surface area is 113 Å². The van der Waals surface area contributed by atoms with Gasteiger partial charge >= 0.3 is 0 Å². The summed E-state index contributed by atoms with van der Waals surface area (Å²) in [5.41, 5.74) is 6.81. The molecular formula is C15H20N2O2. The van der Waals surface area contributed by atoms with E-state index in [0.29, 0.717) is 17.4 Å². The van der Waals surface area contributed by atoms with Crippen molar-refractivity contribution in [3.8, 4) is 5.75 Å². The normalized spacial score (nSPS) is 29.4. The smallest absolute Gasteiger partial charge is 0.254 e. The van der Waals surface area contributed by atoms with Crippen LogP contribution in [0, 0.1) is 11.8 Å². The molecule has 1 amide bonds. The van der Waals surface area contributed by atoms with Crippen molar-refractivity contribution in [2.24, 2.45) is 17.6 Å². The maximum atomic E-state index is 12.5. The fourth-order valence-corrected chi connectivity index (χ4v) is 3.41. The predicted molar refractivity (Wildman–Crippen MR) is 73.1 cm³/mol. The summed E-state index contributed by atoms with van der Waals surface area (Å²) >= 11 is 0. The van der Waals surface area contributed by atoms with Gasteiger partial charge in [-0.15, -0.1) is 0 Å². The molecule has 3 rings (SSSR count). The zero-order valence-corrected chi connectivity index (χ0v) is 11.2. The summed E-state index contributed by atoms with van der Waals surface area (Å²) in [6.07, 6.45) is 2.27. The van der Waals surface area contributed by atoms with Gasteiger partial charge in [0, 0.05) is 24.7 Å². The number of nitrogens with zero attached hydrogens (tertiary/aromatic N) is 1. The lowest BCUT2D eigenvalue weighted by Crippen LogP contribution is -2.33. The molecule has 1 aliphatic heterocycles. The standard InChI is InChI=1S/C15H20N2O2/c1-19-12-4-2-3-10(7-12)15(18)17-8-11-5-6-14(16)13(11)9-17/h2-4,7,11,13-14H,5-6,8-9,16H2,1H3. The largest absolute Gasteiger partial charge is 0.497 e. The molecule has 1 saturated carbocycles. The Morgan fingerprint density at radius 2 is 2.21 bits per heavy atom. The highest BCUT2D eigenvalue weighted by atomic mass is 16.5. The molecule has 0 aromatic heterocycles. The molecule has 102 valence electrons. The summed E-state index contributed by atoms with van der Waals surface area (Å²) in [5, 5.41) is 0. The molecule has 1 saturated heterocycles. The Bertz CT molecular complexity index is 489. The van der Waals surface area contributed by atoms with Crippen molar-refractivity contribution < 1.29 is 9.53 Å². The SMILES string of the molecule is COc1cccc(C(=O)N2CC3CCC(N)C3C2)c1. The van der Waals surface area contributed by atoms with Crippen LogP contribution in [-0.4, -0.2) is 37.0 Å². The van der Waals surface area contributed by atoms with E-state index in [0.717, 1.165) is 31.7 Å². The van der Waals surface area contributed by atoms with Gasteiger partial charge in [-0.3, -0.25) is 4.79 Å². The summed E-state index contributed by atoms with van der Waals surface area (Å²) in [5.74, 6) is 1.92. The maximum Gasteiger partial charge on any atom is 0.254 e. The number of fused-ring (bicyclic) bond motifs is 1. The van der Waals surface area contributed by atoms with Crippen molar-refractivity contribution in [1.82, 2.24) is 4.90 Å². The zero-order valence-electron chi connectivity index (χ0n) is 11.2. The zero-order chi connectivity index (χ0) is 13.4. The molecule has 4 heteroatoms. The first-order chi connectivity index (χ1) is 9.19. The molecular weight excluding hydrogens is 240 g/mol. The molecule has 2 aliphatic rings. The first-order valence-corrected chi connectivity index (χ1v) is 6.88. The van der Waals surface area contributed by atoms with E-state index in [1.54, 1.807) is 13.2 Å². The molecule has 0 bridgehead atoms. The van der Waals surface area contributed by atoms with Crippen molar-refractivity contribution in [2.75, 3.05) is 20.2 Å². The van der Waals surface area contributed by atoms with Crippen LogP contribution in [0.1, 0.15) is 23.2 Å². The van der Waals surface area contributed by atoms with Crippen LogP contribution in [0.25, 0.3) is 0 Å². The molecule has 3 atom stereocenters. The fraction of sp³-hybridized carbons (Fsp3) is 0.533. The lowest BCUT2D eigenvalue weighted by Gasteiger charge is -2.19. The highest BCUT2D eigenvalue weighted by Crippen LogP contribution is 2.37. The second-order valence-electron chi connectivity index (χ2n) is 5.61. The number of carbonyl (C=O) groups is 1. The number of benzene rings is 1. The summed E-state index contributed by atoms with van der Waals surface area (Å²) in [6, 6.07) is 7.63. The minimum atomic E-state index is 0.0977. The monoisotopic (exact) mass is 260 g/mol. The van der Waals surface area contributed by atoms with Crippen molar-refractivity contribution in [3.63, 3.8) is 0 Å². The summed E-state index contributed by atoms with van der Waals surface area (Å²) in [6.45, 7) is 1.66. The lowest BCUT2D eigenvalue weighted by atomic mass is 9.98. The summed E-state index contributed by atoms with van der Waals surface area (Å²) in [4.78, 5) is 14.4. The van der Waals surface area contributed by atoms with Crippen LogP contribution in [0.4, 0.5) is 0 Å². The minimum Gasteiger partial charge on any atom is -0.497 e. The third-order valence-electron chi connectivity index (χ3n) is 4.52. The van der Waals surface area contributed by atoms with E-state index in [2.05, 4.69) is 0 Å². The third-order valence-corrected chi connectivity index (χ3v) is 4.52. The summed E-state index contributed by atoms with van der Waals surface area (Å²) in [7, 11) is 1.61. The number of likely N-dealkylation sites (tertiary alicyclic amines) is 1. The topological polar surface area (TPSA) is 55.6 Å². The summed E-state index contributed by atoms with van der Waals surface area (Å²) < 4.78 is 5.17. The van der Waals surface area contributed by atoms with Crippen LogP contribution < -0.4 is 10.5 Å². The number of ether oxygens (including phenoxy) is 1. The molecule has 1 aromatic rings. The maximum absolute atomic E-state index is 12.5. The van der Waals surface area contributed by atoms with Crippen molar-refractivity contribution in [2.45, 2.75) is 18.9 Å². The third kappa shape index (κ3) is 2.21. The number of rotatable bonds is 2. The Balaban J connectivity index is 1.74. The van der Waals surface area contributed by atoms with E-state index in [-0.39, 0.29) is 11.9 Å². The Morgan fingerprint density at radius 3 is 2.95 bits per heavy atom. The van der Waals surface area contributed by atoms with Gasteiger partial charge in [-0.05, 0) is 42.9 Å². The first kappa shape index (κ1) is 12.5. The van der Waals surface area contributed by atoms with E-state index >= 15 is 0 Å². The van der Waals surface area contributed by atoms with Crippen molar-refractivity contribution >= 4 is 5.91 Å². The van der Waals surface area contributed by atoms with E-state index in [9.17, 15) is 4.79 Å². The molecule has 4 nitrogen and oxygen atoms in total. The van der Waals surface area contributed by atoms with Gasteiger partial charge in [0.05, 0.1) is 7.11 Å². The van der Waals surface area contributed by atoms with E-state index in [4.69, 9.17) is 10.5 Å². The molecule has 0 spiro atoms. The first-order valence-electron chi connectivity index (χ1n) is 6.88. The van der Waals surface area contributed by atoms with E-state index in [1.807, 2.05) is 23.1 Å². The molecule has 0 radical (unpaired) electrons. The average Bonchev–Trinajstić information content (AvgIpc) is 3.01. The van der Waals surface area contributed by atoms with Gasteiger partial charge in [-0.1, -0.05) is 6.07 Å². The molecule has 1 aromatic carbocycles. The van der Waals surface area contributed by atoms with E-state index in [1.165, 1.54) is 0 Å². The molecule has 1 aliphatic carbocycles. The van der Waals surface area contributed by atoms with Gasteiger partial charge in [-0.25, -0.2) is 0 Å². The number of amides is 1. The van der Waals surface area contributed by atoms with Crippen LogP contribution in [0.3, 0.4) is 0 Å². The van der Waals surface area contributed by atoms with E-state index < -0.39 is 0 Å². The van der Waals surface area contributed by atoms with Gasteiger partial charge in [0.2, 0.25) is 0 Å². The average molecular weight is 260 g/mol. The molecule has 3 unspecified atom stereocenters. The second kappa shape index (κ2) is 4.85. The molecule has 19 heavy (non-hydrogen) atoms. The van der Waals surface area contributed by atoms with Gasteiger partial charge in [-0.2, -0.15) is 0 Å². The van der Waals surface area contributed by atoms with Crippen LogP contribution in [-0.2, 0) is 0 Å². The Morgan fingerprint density at radius 1 is 1.37 bits per heavy atom. The minimum absolute atomic E-state index is 0.0977. The number of carbonyl (C=O) groups excluding carboxylic acids is 1. The quantitative estimate of drug-likeness (QED) is 0.877. The number of nitrogens with two attached hydrogens (primary N) is 1. The van der Waals surface area contributed by atoms with Gasteiger partial charge in [0.1, 0.15) is 5.75 Å². The lowest BCUT2D eigenvalue weighted by molar-refractivity contribution is 0.0779. The van der Waals surface area contributed by atoms with Crippen LogP contribution in [0.5, 0.6) is 5.75 Å². The molecule has 1 heterocycles. The number of hydrogen-bond donors (Lipinski definition) is 1. The van der Waals surface area contributed by atoms with Gasteiger partial charge in [0.15, 0.2) is 0 Å². The molecule has 2 N–H and O–H groups in total. The predicted octanol–water partition coefficient (Wildman–Crippen LogP) is 1.50. The second-order valence-corrected chi connectivity index (χ2v) is 5.61. The van der Waals surface area contributed by atoms with Crippen LogP contribution >= 0.6 is 0 Å². The van der Waals surface area contributed by atoms with Gasteiger partial charge in [0.25, 0.3) is 5.91 Å². The number of hydrogen-bond acceptors (Lipinski definition) is 3. The highest BCUT2D eigenvalue weighted by molar-refractivity contribution is 5.94. The van der Waals surface area contributed by atoms with Crippen LogP contribution in [0.2, 0.25) is 0 Å². The van der Waals surface area contributed by atoms with Crippen LogP contribution in [0.15, 0.2) is 24.3 Å². The van der Waals surface area contributed by atoms with Crippen molar-refractivity contribution in [1.29, 1.82) is 0 Å². The molecule has 2 fully saturated rings.